The molecule has 0 aromatic heterocycles. The molecule has 1 aliphatic heterocycles. The summed E-state index contributed by atoms with van der Waals surface area (Å²) in [6, 6.07) is 2.95. The molecule has 16 heavy (non-hydrogen) atoms. The Morgan fingerprint density at radius 3 is 2.38 bits per heavy atom. The van der Waals surface area contributed by atoms with Gasteiger partial charge in [-0.3, -0.25) is 10.1 Å². The second-order valence-electron chi connectivity index (χ2n) is 3.35. The van der Waals surface area contributed by atoms with Crippen molar-refractivity contribution in [3.05, 3.63) is 27.8 Å². The predicted octanol–water partition coefficient (Wildman–Crippen LogP) is 1.68. The van der Waals surface area contributed by atoms with E-state index < -0.39 is 4.92 Å². The lowest BCUT2D eigenvalue weighted by Gasteiger charge is -2.09. The molecule has 0 unspecified atom stereocenters. The Labute approximate surface area is 91.9 Å². The SMILES string of the molecule is COc1cc([C@H]2CO2)c([N+](=O)[O-])cc1OC. The maximum absolute atomic E-state index is 10.9. The van der Waals surface area contributed by atoms with Crippen LogP contribution in [0.4, 0.5) is 5.69 Å². The molecular weight excluding hydrogens is 214 g/mol. The summed E-state index contributed by atoms with van der Waals surface area (Å²) in [5, 5.41) is 10.9. The normalized spacial score (nSPS) is 18.0. The van der Waals surface area contributed by atoms with Crippen molar-refractivity contribution in [3.8, 4) is 11.5 Å². The van der Waals surface area contributed by atoms with E-state index in [4.69, 9.17) is 14.2 Å². The second kappa shape index (κ2) is 3.97. The number of hydrogen-bond acceptors (Lipinski definition) is 5. The van der Waals surface area contributed by atoms with Gasteiger partial charge in [-0.2, -0.15) is 0 Å². The minimum Gasteiger partial charge on any atom is -0.493 e. The Kier molecular flexibility index (Phi) is 2.66. The summed E-state index contributed by atoms with van der Waals surface area (Å²) < 4.78 is 15.2. The zero-order chi connectivity index (χ0) is 11.7. The maximum atomic E-state index is 10.9. The van der Waals surface area contributed by atoms with Crippen LogP contribution in [0.5, 0.6) is 11.5 Å². The summed E-state index contributed by atoms with van der Waals surface area (Å²) in [4.78, 5) is 10.4. The second-order valence-corrected chi connectivity index (χ2v) is 3.35. The molecule has 86 valence electrons. The molecule has 0 bridgehead atoms. The highest BCUT2D eigenvalue weighted by molar-refractivity contribution is 5.55. The Hall–Kier alpha value is -1.82. The quantitative estimate of drug-likeness (QED) is 0.442. The monoisotopic (exact) mass is 225 g/mol. The van der Waals surface area contributed by atoms with Crippen molar-refractivity contribution < 1.29 is 19.1 Å². The first-order valence-electron chi connectivity index (χ1n) is 4.69. The molecule has 6 heteroatoms. The van der Waals surface area contributed by atoms with Gasteiger partial charge in [-0.1, -0.05) is 0 Å². The standard InChI is InChI=1S/C10H11NO5/c1-14-8-3-6(10-5-16-10)7(11(12)13)4-9(8)15-2/h3-4,10H,5H2,1-2H3/t10-/m1/s1. The third kappa shape index (κ3) is 1.79. The lowest BCUT2D eigenvalue weighted by molar-refractivity contribution is -0.385. The molecule has 1 aromatic rings. The average molecular weight is 225 g/mol. The molecular formula is C10H11NO5. The van der Waals surface area contributed by atoms with Gasteiger partial charge in [-0.05, 0) is 6.07 Å². The third-order valence-corrected chi connectivity index (χ3v) is 2.41. The van der Waals surface area contributed by atoms with Gasteiger partial charge >= 0.3 is 0 Å². The van der Waals surface area contributed by atoms with Gasteiger partial charge in [0.1, 0.15) is 6.10 Å². The Morgan fingerprint density at radius 2 is 1.94 bits per heavy atom. The van der Waals surface area contributed by atoms with Crippen molar-refractivity contribution in [2.75, 3.05) is 20.8 Å². The minimum absolute atomic E-state index is 0.000139. The lowest BCUT2D eigenvalue weighted by Crippen LogP contribution is -1.98. The van der Waals surface area contributed by atoms with E-state index in [0.717, 1.165) is 0 Å². The van der Waals surface area contributed by atoms with Crippen molar-refractivity contribution in [2.24, 2.45) is 0 Å². The van der Waals surface area contributed by atoms with Gasteiger partial charge in [0.2, 0.25) is 0 Å². The van der Waals surface area contributed by atoms with Crippen LogP contribution in [0, 0.1) is 10.1 Å². The Bertz CT molecular complexity index is 427. The largest absolute Gasteiger partial charge is 0.493 e. The fraction of sp³-hybridized carbons (Fsp3) is 0.400. The van der Waals surface area contributed by atoms with Crippen molar-refractivity contribution >= 4 is 5.69 Å². The predicted molar refractivity (Wildman–Crippen MR) is 54.9 cm³/mol. The van der Waals surface area contributed by atoms with E-state index in [9.17, 15) is 10.1 Å². The highest BCUT2D eigenvalue weighted by Crippen LogP contribution is 2.42. The molecule has 0 radical (unpaired) electrons. The molecule has 0 aliphatic carbocycles. The number of rotatable bonds is 4. The summed E-state index contributed by atoms with van der Waals surface area (Å²) in [7, 11) is 2.93. The van der Waals surface area contributed by atoms with Crippen LogP contribution in [0.1, 0.15) is 11.7 Å². The molecule has 1 fully saturated rings. The zero-order valence-electron chi connectivity index (χ0n) is 8.93. The van der Waals surface area contributed by atoms with Crippen LogP contribution in [0.3, 0.4) is 0 Å². The summed E-state index contributed by atoms with van der Waals surface area (Å²) in [6.07, 6.45) is -0.194. The molecule has 1 heterocycles. The average Bonchev–Trinajstić information content (AvgIpc) is 3.10. The van der Waals surface area contributed by atoms with Crippen LogP contribution in [-0.2, 0) is 4.74 Å². The van der Waals surface area contributed by atoms with E-state index in [1.54, 1.807) is 6.07 Å². The van der Waals surface area contributed by atoms with Gasteiger partial charge in [0.25, 0.3) is 5.69 Å². The summed E-state index contributed by atoms with van der Waals surface area (Å²) in [5.41, 5.74) is 0.530. The topological polar surface area (TPSA) is 74.1 Å². The minimum atomic E-state index is -0.445. The highest BCUT2D eigenvalue weighted by atomic mass is 16.6. The first-order chi connectivity index (χ1) is 7.67. The molecule has 1 saturated heterocycles. The molecule has 0 amide bonds. The summed E-state index contributed by atoms with van der Waals surface area (Å²) in [6.45, 7) is 0.510. The van der Waals surface area contributed by atoms with Crippen LogP contribution in [0.15, 0.2) is 12.1 Å². The van der Waals surface area contributed by atoms with Gasteiger partial charge in [0.05, 0.1) is 37.4 Å². The summed E-state index contributed by atoms with van der Waals surface area (Å²) in [5.74, 6) is 0.817. The smallest absolute Gasteiger partial charge is 0.279 e. The number of nitro groups is 1. The highest BCUT2D eigenvalue weighted by Gasteiger charge is 2.33. The molecule has 0 saturated carbocycles. The van der Waals surface area contributed by atoms with Gasteiger partial charge in [-0.25, -0.2) is 0 Å². The van der Waals surface area contributed by atoms with E-state index in [2.05, 4.69) is 0 Å². The number of epoxide rings is 1. The van der Waals surface area contributed by atoms with Crippen LogP contribution in [-0.4, -0.2) is 25.7 Å². The number of nitro benzene ring substituents is 1. The Morgan fingerprint density at radius 1 is 1.38 bits per heavy atom. The molecule has 6 nitrogen and oxygen atoms in total. The molecule has 1 aromatic carbocycles. The van der Waals surface area contributed by atoms with Crippen molar-refractivity contribution in [1.29, 1.82) is 0 Å². The van der Waals surface area contributed by atoms with Gasteiger partial charge in [0, 0.05) is 0 Å². The number of ether oxygens (including phenoxy) is 3. The van der Waals surface area contributed by atoms with E-state index >= 15 is 0 Å². The number of benzene rings is 1. The van der Waals surface area contributed by atoms with E-state index in [0.29, 0.717) is 23.7 Å². The number of hydrogen-bond donors (Lipinski definition) is 0. The van der Waals surface area contributed by atoms with Crippen LogP contribution in [0.25, 0.3) is 0 Å². The first kappa shape index (κ1) is 10.7. The fourth-order valence-corrected chi connectivity index (χ4v) is 1.53. The van der Waals surface area contributed by atoms with Crippen LogP contribution in [0.2, 0.25) is 0 Å². The summed E-state index contributed by atoms with van der Waals surface area (Å²) >= 11 is 0. The molecule has 0 spiro atoms. The van der Waals surface area contributed by atoms with Crippen molar-refractivity contribution in [2.45, 2.75) is 6.10 Å². The van der Waals surface area contributed by atoms with E-state index in [1.807, 2.05) is 0 Å². The first-order valence-corrected chi connectivity index (χ1v) is 4.69. The van der Waals surface area contributed by atoms with Crippen molar-refractivity contribution in [1.82, 2.24) is 0 Å². The van der Waals surface area contributed by atoms with Gasteiger partial charge < -0.3 is 14.2 Å². The number of methoxy groups -OCH3 is 2. The molecule has 1 atom stereocenters. The van der Waals surface area contributed by atoms with Crippen LogP contribution < -0.4 is 9.47 Å². The van der Waals surface area contributed by atoms with E-state index in [-0.39, 0.29) is 11.8 Å². The van der Waals surface area contributed by atoms with Crippen LogP contribution >= 0.6 is 0 Å². The zero-order valence-corrected chi connectivity index (χ0v) is 8.93. The Balaban J connectivity index is 2.53. The molecule has 2 rings (SSSR count). The molecule has 1 aliphatic rings. The van der Waals surface area contributed by atoms with Gasteiger partial charge in [0.15, 0.2) is 11.5 Å². The van der Waals surface area contributed by atoms with Gasteiger partial charge in [-0.15, -0.1) is 0 Å². The number of nitrogens with zero attached hydrogens (tertiary/aromatic N) is 1. The fourth-order valence-electron chi connectivity index (χ4n) is 1.53. The molecule has 0 N–H and O–H groups in total. The third-order valence-electron chi connectivity index (χ3n) is 2.41. The van der Waals surface area contributed by atoms with E-state index in [1.165, 1.54) is 20.3 Å². The van der Waals surface area contributed by atoms with Crippen molar-refractivity contribution in [3.63, 3.8) is 0 Å². The maximum Gasteiger partial charge on any atom is 0.279 e. The lowest BCUT2D eigenvalue weighted by atomic mass is 10.1.